The highest BCUT2D eigenvalue weighted by molar-refractivity contribution is 5.89. The number of ether oxygens (including phenoxy) is 1. The van der Waals surface area contributed by atoms with Crippen molar-refractivity contribution in [3.05, 3.63) is 30.1 Å². The fourth-order valence-corrected chi connectivity index (χ4v) is 1.49. The van der Waals surface area contributed by atoms with Crippen LogP contribution >= 0.6 is 0 Å². The molecule has 0 aromatic heterocycles. The third kappa shape index (κ3) is 5.47. The Hall–Kier alpha value is -2.64. The van der Waals surface area contributed by atoms with Gasteiger partial charge in [0.15, 0.2) is 6.10 Å². The fraction of sp³-hybridized carbons (Fsp3) is 0.308. The number of carbonyl (C=O) groups excluding carboxylic acids is 2. The van der Waals surface area contributed by atoms with Gasteiger partial charge in [-0.25, -0.2) is 9.18 Å². The number of amides is 2. The maximum absolute atomic E-state index is 13.0. The molecule has 21 heavy (non-hydrogen) atoms. The second kappa shape index (κ2) is 7.22. The van der Waals surface area contributed by atoms with E-state index in [1.165, 1.54) is 25.1 Å². The molecule has 2 atom stereocenters. The van der Waals surface area contributed by atoms with Crippen molar-refractivity contribution < 1.29 is 28.6 Å². The van der Waals surface area contributed by atoms with Crippen molar-refractivity contribution in [3.8, 4) is 5.75 Å². The van der Waals surface area contributed by atoms with Crippen LogP contribution in [0.15, 0.2) is 24.3 Å². The first-order valence-corrected chi connectivity index (χ1v) is 6.03. The molecule has 0 fully saturated rings. The van der Waals surface area contributed by atoms with Gasteiger partial charge in [0.25, 0.3) is 5.91 Å². The van der Waals surface area contributed by atoms with E-state index in [1.807, 2.05) is 0 Å². The molecule has 8 heteroatoms. The highest BCUT2D eigenvalue weighted by atomic mass is 19.1. The van der Waals surface area contributed by atoms with Crippen molar-refractivity contribution in [2.24, 2.45) is 5.73 Å². The van der Waals surface area contributed by atoms with Gasteiger partial charge < -0.3 is 20.9 Å². The molecule has 1 aromatic rings. The zero-order valence-electron chi connectivity index (χ0n) is 11.2. The van der Waals surface area contributed by atoms with E-state index >= 15 is 0 Å². The number of carbonyl (C=O) groups is 3. The molecule has 0 radical (unpaired) electrons. The predicted molar refractivity (Wildman–Crippen MR) is 69.9 cm³/mol. The molecule has 1 rings (SSSR count). The lowest BCUT2D eigenvalue weighted by molar-refractivity contribution is -0.144. The first kappa shape index (κ1) is 16.4. The van der Waals surface area contributed by atoms with E-state index in [2.05, 4.69) is 5.32 Å². The number of aliphatic carboxylic acids is 1. The van der Waals surface area contributed by atoms with Crippen molar-refractivity contribution in [1.82, 2.24) is 5.32 Å². The fourth-order valence-electron chi connectivity index (χ4n) is 1.49. The largest absolute Gasteiger partial charge is 0.481 e. The van der Waals surface area contributed by atoms with Gasteiger partial charge in [-0.1, -0.05) is 6.07 Å². The number of hydrogen-bond donors (Lipinski definition) is 3. The number of halogens is 1. The van der Waals surface area contributed by atoms with Crippen LogP contribution in [-0.4, -0.2) is 35.0 Å². The number of carboxylic acid groups (broad SMARTS) is 1. The summed E-state index contributed by atoms with van der Waals surface area (Å²) in [5, 5.41) is 11.0. The average molecular weight is 298 g/mol. The molecule has 0 aliphatic heterocycles. The Balaban J connectivity index is 2.64. The van der Waals surface area contributed by atoms with Crippen molar-refractivity contribution in [1.29, 1.82) is 0 Å². The Kier molecular flexibility index (Phi) is 5.65. The number of carboxylic acids is 1. The minimum absolute atomic E-state index is 0.124. The summed E-state index contributed by atoms with van der Waals surface area (Å²) in [6, 6.07) is 3.72. The van der Waals surface area contributed by atoms with Gasteiger partial charge in [0.2, 0.25) is 5.91 Å². The molecule has 0 aliphatic rings. The van der Waals surface area contributed by atoms with Gasteiger partial charge in [0, 0.05) is 6.07 Å². The molecular formula is C13H15FN2O5. The molecule has 0 spiro atoms. The van der Waals surface area contributed by atoms with Crippen LogP contribution < -0.4 is 15.8 Å². The number of benzene rings is 1. The number of rotatable bonds is 7. The molecule has 0 saturated heterocycles. The average Bonchev–Trinajstić information content (AvgIpc) is 2.37. The molecule has 0 bridgehead atoms. The van der Waals surface area contributed by atoms with Crippen molar-refractivity contribution >= 4 is 17.8 Å². The summed E-state index contributed by atoms with van der Waals surface area (Å²) >= 11 is 0. The third-order valence-electron chi connectivity index (χ3n) is 2.50. The topological polar surface area (TPSA) is 119 Å². The standard InChI is InChI=1S/C13H15FN2O5/c1-7(21-9-4-2-3-8(14)5-9)12(18)16-10(13(19)20)6-11(15)17/h2-5,7,10H,6H2,1H3,(H2,15,17)(H,16,18)(H,19,20). The lowest BCUT2D eigenvalue weighted by Crippen LogP contribution is -2.47. The van der Waals surface area contributed by atoms with Gasteiger partial charge in [0.1, 0.15) is 17.6 Å². The van der Waals surface area contributed by atoms with E-state index in [4.69, 9.17) is 15.6 Å². The number of nitrogens with two attached hydrogens (primary N) is 1. The molecule has 114 valence electrons. The summed E-state index contributed by atoms with van der Waals surface area (Å²) in [5.41, 5.74) is 4.90. The van der Waals surface area contributed by atoms with E-state index in [0.29, 0.717) is 0 Å². The highest BCUT2D eigenvalue weighted by Gasteiger charge is 2.25. The van der Waals surface area contributed by atoms with Gasteiger partial charge in [-0.05, 0) is 19.1 Å². The van der Waals surface area contributed by atoms with Crippen LogP contribution in [0.1, 0.15) is 13.3 Å². The van der Waals surface area contributed by atoms with E-state index in [9.17, 15) is 18.8 Å². The smallest absolute Gasteiger partial charge is 0.326 e. The number of nitrogens with one attached hydrogen (secondary N) is 1. The Morgan fingerprint density at radius 1 is 1.43 bits per heavy atom. The minimum atomic E-state index is -1.44. The predicted octanol–water partition coefficient (Wildman–Crippen LogP) is 0.0378. The molecule has 2 unspecified atom stereocenters. The van der Waals surface area contributed by atoms with E-state index < -0.39 is 42.2 Å². The first-order valence-electron chi connectivity index (χ1n) is 6.03. The van der Waals surface area contributed by atoms with Gasteiger partial charge >= 0.3 is 5.97 Å². The molecule has 2 amide bonds. The van der Waals surface area contributed by atoms with Crippen LogP contribution in [0.4, 0.5) is 4.39 Å². The summed E-state index contributed by atoms with van der Waals surface area (Å²) in [6.45, 7) is 1.36. The molecule has 4 N–H and O–H groups in total. The maximum atomic E-state index is 13.0. The number of primary amides is 1. The first-order chi connectivity index (χ1) is 9.79. The van der Waals surface area contributed by atoms with Crippen LogP contribution in [-0.2, 0) is 14.4 Å². The van der Waals surface area contributed by atoms with Crippen LogP contribution in [0.2, 0.25) is 0 Å². The van der Waals surface area contributed by atoms with E-state index in [0.717, 1.165) is 6.07 Å². The second-order valence-corrected chi connectivity index (χ2v) is 4.29. The van der Waals surface area contributed by atoms with E-state index in [-0.39, 0.29) is 5.75 Å². The Labute approximate surface area is 119 Å². The normalized spacial score (nSPS) is 13.0. The van der Waals surface area contributed by atoms with Gasteiger partial charge in [-0.2, -0.15) is 0 Å². The SMILES string of the molecule is CC(Oc1cccc(F)c1)C(=O)NC(CC(N)=O)C(=O)O. The van der Waals surface area contributed by atoms with Crippen LogP contribution in [0, 0.1) is 5.82 Å². The molecular weight excluding hydrogens is 283 g/mol. The second-order valence-electron chi connectivity index (χ2n) is 4.29. The van der Waals surface area contributed by atoms with Crippen LogP contribution in [0.3, 0.4) is 0 Å². The Morgan fingerprint density at radius 2 is 2.10 bits per heavy atom. The maximum Gasteiger partial charge on any atom is 0.326 e. The summed E-state index contributed by atoms with van der Waals surface area (Å²) < 4.78 is 18.1. The van der Waals surface area contributed by atoms with Crippen molar-refractivity contribution in [2.75, 3.05) is 0 Å². The zero-order valence-corrected chi connectivity index (χ0v) is 11.2. The monoisotopic (exact) mass is 298 g/mol. The lowest BCUT2D eigenvalue weighted by atomic mass is 10.2. The van der Waals surface area contributed by atoms with E-state index in [1.54, 1.807) is 0 Å². The molecule has 0 aliphatic carbocycles. The van der Waals surface area contributed by atoms with Crippen LogP contribution in [0.5, 0.6) is 5.75 Å². The van der Waals surface area contributed by atoms with Crippen molar-refractivity contribution in [3.63, 3.8) is 0 Å². The summed E-state index contributed by atoms with van der Waals surface area (Å²) in [4.78, 5) is 33.4. The number of hydrogen-bond acceptors (Lipinski definition) is 4. The minimum Gasteiger partial charge on any atom is -0.481 e. The van der Waals surface area contributed by atoms with Crippen LogP contribution in [0.25, 0.3) is 0 Å². The highest BCUT2D eigenvalue weighted by Crippen LogP contribution is 2.13. The summed E-state index contributed by atoms with van der Waals surface area (Å²) in [6.07, 6.45) is -1.60. The Bertz CT molecular complexity index is 549. The van der Waals surface area contributed by atoms with Gasteiger partial charge in [0.05, 0.1) is 6.42 Å². The third-order valence-corrected chi connectivity index (χ3v) is 2.50. The van der Waals surface area contributed by atoms with Crippen molar-refractivity contribution in [2.45, 2.75) is 25.5 Å². The lowest BCUT2D eigenvalue weighted by Gasteiger charge is -2.18. The van der Waals surface area contributed by atoms with Gasteiger partial charge in [-0.3, -0.25) is 9.59 Å². The Morgan fingerprint density at radius 3 is 2.62 bits per heavy atom. The molecule has 0 heterocycles. The molecule has 0 saturated carbocycles. The summed E-state index contributed by atoms with van der Waals surface area (Å²) in [5.74, 6) is -3.41. The molecule has 1 aromatic carbocycles. The quantitative estimate of drug-likeness (QED) is 0.656. The zero-order chi connectivity index (χ0) is 16.0. The molecule has 7 nitrogen and oxygen atoms in total. The summed E-state index contributed by atoms with van der Waals surface area (Å²) in [7, 11) is 0. The van der Waals surface area contributed by atoms with Gasteiger partial charge in [-0.15, -0.1) is 0 Å².